The molecule has 76 valence electrons. The maximum atomic E-state index is 12.7. The molecule has 4 nitrogen and oxygen atoms in total. The number of nitrogens with zero attached hydrogens (tertiary/aromatic N) is 3. The van der Waals surface area contributed by atoms with Crippen molar-refractivity contribution in [3.63, 3.8) is 0 Å². The molecule has 5 heteroatoms. The number of nitrogens with one attached hydrogen (secondary N) is 1. The third-order valence-corrected chi connectivity index (χ3v) is 1.92. The van der Waals surface area contributed by atoms with E-state index in [-0.39, 0.29) is 5.82 Å². The second kappa shape index (κ2) is 4.00. The minimum absolute atomic E-state index is 0.281. The molecule has 0 saturated heterocycles. The average Bonchev–Trinajstić information content (AvgIpc) is 2.30. The second-order valence-electron chi connectivity index (χ2n) is 2.92. The molecule has 2 aromatic rings. The molecule has 0 aliphatic carbocycles. The monoisotopic (exact) mass is 204 g/mol. The minimum Gasteiger partial charge on any atom is -0.372 e. The van der Waals surface area contributed by atoms with Gasteiger partial charge in [-0.2, -0.15) is 5.10 Å². The van der Waals surface area contributed by atoms with E-state index in [1.54, 1.807) is 19.2 Å². The van der Waals surface area contributed by atoms with Crippen molar-refractivity contribution in [2.45, 2.75) is 0 Å². The van der Waals surface area contributed by atoms with Gasteiger partial charge in [0.15, 0.2) is 5.82 Å². The molecule has 0 aliphatic heterocycles. The molecule has 0 amide bonds. The van der Waals surface area contributed by atoms with Gasteiger partial charge in [-0.05, 0) is 24.3 Å². The molecule has 2 rings (SSSR count). The maximum Gasteiger partial charge on any atom is 0.183 e. The first kappa shape index (κ1) is 9.51. The highest BCUT2D eigenvalue weighted by Gasteiger charge is 2.02. The summed E-state index contributed by atoms with van der Waals surface area (Å²) in [5.74, 6) is 0.822. The van der Waals surface area contributed by atoms with Gasteiger partial charge in [0.2, 0.25) is 0 Å². The molecule has 15 heavy (non-hydrogen) atoms. The quantitative estimate of drug-likeness (QED) is 0.809. The van der Waals surface area contributed by atoms with Crippen LogP contribution in [0.2, 0.25) is 0 Å². The summed E-state index contributed by atoms with van der Waals surface area (Å²) in [6.45, 7) is 0. The van der Waals surface area contributed by atoms with Gasteiger partial charge in [0.05, 0.1) is 6.20 Å². The Kier molecular flexibility index (Phi) is 2.53. The standard InChI is InChI=1S/C10H9FN4/c1-12-9-6-13-15-10(14-9)7-2-4-8(11)5-3-7/h2-6H,1H3,(H,12,14,15). The predicted molar refractivity (Wildman–Crippen MR) is 54.8 cm³/mol. The molecular weight excluding hydrogens is 195 g/mol. The van der Waals surface area contributed by atoms with Gasteiger partial charge >= 0.3 is 0 Å². The first-order valence-corrected chi connectivity index (χ1v) is 4.43. The van der Waals surface area contributed by atoms with Gasteiger partial charge in [-0.1, -0.05) is 0 Å². The van der Waals surface area contributed by atoms with Gasteiger partial charge in [0.1, 0.15) is 11.6 Å². The second-order valence-corrected chi connectivity index (χ2v) is 2.92. The first-order valence-electron chi connectivity index (χ1n) is 4.43. The SMILES string of the molecule is CNc1cnnc(-c2ccc(F)cc2)n1. The van der Waals surface area contributed by atoms with Gasteiger partial charge < -0.3 is 5.32 Å². The molecule has 0 radical (unpaired) electrons. The Morgan fingerprint density at radius 1 is 1.20 bits per heavy atom. The molecule has 1 N–H and O–H groups in total. The van der Waals surface area contributed by atoms with Gasteiger partial charge in [0.25, 0.3) is 0 Å². The number of aromatic nitrogens is 3. The Morgan fingerprint density at radius 2 is 1.93 bits per heavy atom. The zero-order valence-corrected chi connectivity index (χ0v) is 8.11. The summed E-state index contributed by atoms with van der Waals surface area (Å²) in [5.41, 5.74) is 0.737. The third-order valence-electron chi connectivity index (χ3n) is 1.92. The maximum absolute atomic E-state index is 12.7. The average molecular weight is 204 g/mol. The van der Waals surface area contributed by atoms with E-state index in [1.807, 2.05) is 0 Å². The Hall–Kier alpha value is -2.04. The largest absolute Gasteiger partial charge is 0.372 e. The molecule has 0 unspecified atom stereocenters. The van der Waals surface area contributed by atoms with E-state index in [0.29, 0.717) is 11.6 Å². The van der Waals surface area contributed by atoms with E-state index in [9.17, 15) is 4.39 Å². The van der Waals surface area contributed by atoms with Gasteiger partial charge in [0, 0.05) is 12.6 Å². The van der Waals surface area contributed by atoms with Crippen LogP contribution in [0, 0.1) is 5.82 Å². The summed E-state index contributed by atoms with van der Waals surface area (Å²) in [4.78, 5) is 4.18. The van der Waals surface area contributed by atoms with Crippen LogP contribution in [0.5, 0.6) is 0 Å². The lowest BCUT2D eigenvalue weighted by molar-refractivity contribution is 0.628. The number of hydrogen-bond acceptors (Lipinski definition) is 4. The van der Waals surface area contributed by atoms with E-state index in [2.05, 4.69) is 20.5 Å². The van der Waals surface area contributed by atoms with Crippen LogP contribution in [0.3, 0.4) is 0 Å². The van der Waals surface area contributed by atoms with Crippen LogP contribution in [0.15, 0.2) is 30.5 Å². The minimum atomic E-state index is -0.281. The van der Waals surface area contributed by atoms with E-state index >= 15 is 0 Å². The van der Waals surface area contributed by atoms with Crippen LogP contribution in [0.25, 0.3) is 11.4 Å². The van der Waals surface area contributed by atoms with Gasteiger partial charge in [-0.3, -0.25) is 0 Å². The van der Waals surface area contributed by atoms with Crippen molar-refractivity contribution in [3.8, 4) is 11.4 Å². The molecule has 0 spiro atoms. The summed E-state index contributed by atoms with van der Waals surface area (Å²) in [6.07, 6.45) is 1.52. The van der Waals surface area contributed by atoms with Crippen molar-refractivity contribution in [1.82, 2.24) is 15.2 Å². The number of halogens is 1. The van der Waals surface area contributed by atoms with Crippen molar-refractivity contribution in [3.05, 3.63) is 36.3 Å². The van der Waals surface area contributed by atoms with Crippen LogP contribution >= 0.6 is 0 Å². The molecule has 0 saturated carbocycles. The van der Waals surface area contributed by atoms with Crippen molar-refractivity contribution in [2.24, 2.45) is 0 Å². The molecule has 1 aromatic carbocycles. The van der Waals surface area contributed by atoms with Gasteiger partial charge in [-0.15, -0.1) is 5.10 Å². The zero-order chi connectivity index (χ0) is 10.7. The summed E-state index contributed by atoms with van der Waals surface area (Å²) < 4.78 is 12.7. The molecule has 0 fully saturated rings. The number of benzene rings is 1. The van der Waals surface area contributed by atoms with Crippen LogP contribution in [0.1, 0.15) is 0 Å². The third kappa shape index (κ3) is 2.07. The Morgan fingerprint density at radius 3 is 2.60 bits per heavy atom. The summed E-state index contributed by atoms with van der Waals surface area (Å²) in [7, 11) is 1.75. The predicted octanol–water partition coefficient (Wildman–Crippen LogP) is 1.72. The lowest BCUT2D eigenvalue weighted by Gasteiger charge is -2.01. The number of hydrogen-bond donors (Lipinski definition) is 1. The first-order chi connectivity index (χ1) is 7.29. The highest BCUT2D eigenvalue weighted by molar-refractivity contribution is 5.55. The normalized spacial score (nSPS) is 10.0. The Labute approximate surface area is 86.2 Å². The molecule has 0 atom stereocenters. The lowest BCUT2D eigenvalue weighted by Crippen LogP contribution is -1.98. The topological polar surface area (TPSA) is 50.7 Å². The fourth-order valence-corrected chi connectivity index (χ4v) is 1.15. The van der Waals surface area contributed by atoms with Crippen LogP contribution in [-0.2, 0) is 0 Å². The molecule has 0 aliphatic rings. The fraction of sp³-hybridized carbons (Fsp3) is 0.100. The molecular formula is C10H9FN4. The van der Waals surface area contributed by atoms with E-state index in [0.717, 1.165) is 5.56 Å². The lowest BCUT2D eigenvalue weighted by atomic mass is 10.2. The Balaban J connectivity index is 2.40. The molecule has 1 aromatic heterocycles. The van der Waals surface area contributed by atoms with E-state index < -0.39 is 0 Å². The van der Waals surface area contributed by atoms with Crippen LogP contribution in [0.4, 0.5) is 10.2 Å². The summed E-state index contributed by atoms with van der Waals surface area (Å²) in [6, 6.07) is 5.97. The number of rotatable bonds is 2. The van der Waals surface area contributed by atoms with E-state index in [4.69, 9.17) is 0 Å². The smallest absolute Gasteiger partial charge is 0.183 e. The Bertz CT molecular complexity index is 455. The molecule has 1 heterocycles. The van der Waals surface area contributed by atoms with Crippen LogP contribution < -0.4 is 5.32 Å². The fourth-order valence-electron chi connectivity index (χ4n) is 1.15. The van der Waals surface area contributed by atoms with Gasteiger partial charge in [-0.25, -0.2) is 9.37 Å². The zero-order valence-electron chi connectivity index (χ0n) is 8.11. The van der Waals surface area contributed by atoms with Crippen molar-refractivity contribution in [1.29, 1.82) is 0 Å². The number of anilines is 1. The highest BCUT2D eigenvalue weighted by atomic mass is 19.1. The summed E-state index contributed by atoms with van der Waals surface area (Å²) in [5, 5.41) is 10.5. The highest BCUT2D eigenvalue weighted by Crippen LogP contribution is 2.15. The summed E-state index contributed by atoms with van der Waals surface area (Å²) >= 11 is 0. The molecule has 0 bridgehead atoms. The van der Waals surface area contributed by atoms with Crippen LogP contribution in [-0.4, -0.2) is 22.2 Å². The van der Waals surface area contributed by atoms with E-state index in [1.165, 1.54) is 18.3 Å². The van der Waals surface area contributed by atoms with Crippen molar-refractivity contribution < 1.29 is 4.39 Å². The van der Waals surface area contributed by atoms with Crippen molar-refractivity contribution >= 4 is 5.82 Å². The van der Waals surface area contributed by atoms with Crippen molar-refractivity contribution in [2.75, 3.05) is 12.4 Å².